The Labute approximate surface area is 98.2 Å². The Kier molecular flexibility index (Phi) is 3.37. The standard InChI is InChI=1S/C13H12O2S/c1-15-13(14)7-3-5-10-4-2-6-12-11(10)8-9-16-12/h2-6,8-9H,7H2,1H3. The van der Waals surface area contributed by atoms with Crippen molar-refractivity contribution in [3.63, 3.8) is 0 Å². The Balaban J connectivity index is 2.20. The van der Waals surface area contributed by atoms with Crippen molar-refractivity contribution in [1.82, 2.24) is 0 Å². The molecule has 1 aromatic heterocycles. The predicted octanol–water partition coefficient (Wildman–Crippen LogP) is 3.48. The lowest BCUT2D eigenvalue weighted by Crippen LogP contribution is -1.96. The van der Waals surface area contributed by atoms with Crippen LogP contribution in [0.15, 0.2) is 35.7 Å². The van der Waals surface area contributed by atoms with E-state index in [0.717, 1.165) is 5.56 Å². The fourth-order valence-electron chi connectivity index (χ4n) is 1.53. The number of carbonyl (C=O) groups excluding carboxylic acids is 1. The summed E-state index contributed by atoms with van der Waals surface area (Å²) in [4.78, 5) is 10.9. The van der Waals surface area contributed by atoms with Crippen LogP contribution < -0.4 is 0 Å². The van der Waals surface area contributed by atoms with Crippen molar-refractivity contribution in [3.05, 3.63) is 41.3 Å². The summed E-state index contributed by atoms with van der Waals surface area (Å²) in [5.74, 6) is -0.214. The smallest absolute Gasteiger partial charge is 0.309 e. The summed E-state index contributed by atoms with van der Waals surface area (Å²) in [6.45, 7) is 0. The van der Waals surface area contributed by atoms with Gasteiger partial charge in [0.1, 0.15) is 0 Å². The lowest BCUT2D eigenvalue weighted by Gasteiger charge is -1.96. The maximum Gasteiger partial charge on any atom is 0.309 e. The number of esters is 1. The van der Waals surface area contributed by atoms with Crippen LogP contribution in [-0.2, 0) is 9.53 Å². The second-order valence-corrected chi connectivity index (χ2v) is 4.31. The number of thiophene rings is 1. The molecular formula is C13H12O2S. The monoisotopic (exact) mass is 232 g/mol. The van der Waals surface area contributed by atoms with Crippen molar-refractivity contribution in [3.8, 4) is 0 Å². The third kappa shape index (κ3) is 2.31. The molecule has 2 nitrogen and oxygen atoms in total. The molecular weight excluding hydrogens is 220 g/mol. The first-order valence-electron chi connectivity index (χ1n) is 5.01. The Bertz CT molecular complexity index is 525. The van der Waals surface area contributed by atoms with Gasteiger partial charge in [0.25, 0.3) is 0 Å². The van der Waals surface area contributed by atoms with E-state index < -0.39 is 0 Å². The van der Waals surface area contributed by atoms with E-state index in [1.54, 1.807) is 11.3 Å². The molecule has 1 aromatic carbocycles. The van der Waals surface area contributed by atoms with Crippen LogP contribution in [0, 0.1) is 0 Å². The fourth-order valence-corrected chi connectivity index (χ4v) is 2.35. The lowest BCUT2D eigenvalue weighted by molar-refractivity contribution is -0.139. The highest BCUT2D eigenvalue weighted by Crippen LogP contribution is 2.24. The minimum atomic E-state index is -0.214. The number of benzene rings is 1. The predicted molar refractivity (Wildman–Crippen MR) is 67.5 cm³/mol. The molecule has 0 aliphatic rings. The van der Waals surface area contributed by atoms with E-state index in [0.29, 0.717) is 6.42 Å². The number of methoxy groups -OCH3 is 1. The van der Waals surface area contributed by atoms with Gasteiger partial charge in [0, 0.05) is 4.70 Å². The molecule has 2 rings (SSSR count). The molecule has 0 saturated heterocycles. The Morgan fingerprint density at radius 2 is 2.31 bits per heavy atom. The van der Waals surface area contributed by atoms with Gasteiger partial charge in [0.15, 0.2) is 0 Å². The topological polar surface area (TPSA) is 26.3 Å². The molecule has 0 radical (unpaired) electrons. The molecule has 0 bridgehead atoms. The number of hydrogen-bond acceptors (Lipinski definition) is 3. The summed E-state index contributed by atoms with van der Waals surface area (Å²) in [6.07, 6.45) is 4.11. The summed E-state index contributed by atoms with van der Waals surface area (Å²) in [5, 5.41) is 3.30. The molecule has 0 fully saturated rings. The van der Waals surface area contributed by atoms with Gasteiger partial charge in [-0.05, 0) is 28.5 Å². The van der Waals surface area contributed by atoms with Gasteiger partial charge in [-0.15, -0.1) is 11.3 Å². The number of hydrogen-bond donors (Lipinski definition) is 0. The van der Waals surface area contributed by atoms with Crippen molar-refractivity contribution < 1.29 is 9.53 Å². The first-order valence-corrected chi connectivity index (χ1v) is 5.89. The molecule has 0 aliphatic heterocycles. The molecule has 1 heterocycles. The van der Waals surface area contributed by atoms with E-state index >= 15 is 0 Å². The van der Waals surface area contributed by atoms with Gasteiger partial charge in [-0.2, -0.15) is 0 Å². The van der Waals surface area contributed by atoms with E-state index in [4.69, 9.17) is 0 Å². The van der Waals surface area contributed by atoms with Crippen molar-refractivity contribution in [2.45, 2.75) is 6.42 Å². The van der Waals surface area contributed by atoms with Gasteiger partial charge >= 0.3 is 5.97 Å². The molecule has 0 atom stereocenters. The maximum atomic E-state index is 10.9. The van der Waals surface area contributed by atoms with Crippen LogP contribution in [0.1, 0.15) is 12.0 Å². The molecule has 0 unspecified atom stereocenters. The number of fused-ring (bicyclic) bond motifs is 1. The second-order valence-electron chi connectivity index (χ2n) is 3.36. The van der Waals surface area contributed by atoms with Crippen LogP contribution in [0.2, 0.25) is 0 Å². The zero-order chi connectivity index (χ0) is 11.4. The van der Waals surface area contributed by atoms with Crippen molar-refractivity contribution in [2.75, 3.05) is 7.11 Å². The molecule has 0 N–H and O–H groups in total. The summed E-state index contributed by atoms with van der Waals surface area (Å²) >= 11 is 1.72. The third-order valence-corrected chi connectivity index (χ3v) is 3.22. The Morgan fingerprint density at radius 1 is 1.44 bits per heavy atom. The van der Waals surface area contributed by atoms with E-state index in [-0.39, 0.29) is 5.97 Å². The van der Waals surface area contributed by atoms with Crippen LogP contribution in [0.3, 0.4) is 0 Å². The summed E-state index contributed by atoms with van der Waals surface area (Å²) in [6, 6.07) is 8.26. The van der Waals surface area contributed by atoms with Gasteiger partial charge in [0.05, 0.1) is 13.5 Å². The zero-order valence-corrected chi connectivity index (χ0v) is 9.79. The van der Waals surface area contributed by atoms with Crippen molar-refractivity contribution >= 4 is 33.5 Å². The molecule has 0 aliphatic carbocycles. The van der Waals surface area contributed by atoms with E-state index in [2.05, 4.69) is 22.2 Å². The molecule has 0 spiro atoms. The first kappa shape index (κ1) is 10.9. The minimum Gasteiger partial charge on any atom is -0.469 e. The van der Waals surface area contributed by atoms with Gasteiger partial charge in [-0.3, -0.25) is 4.79 Å². The molecule has 0 amide bonds. The minimum absolute atomic E-state index is 0.214. The maximum absolute atomic E-state index is 10.9. The van der Waals surface area contributed by atoms with Crippen molar-refractivity contribution in [2.24, 2.45) is 0 Å². The zero-order valence-electron chi connectivity index (χ0n) is 8.97. The SMILES string of the molecule is COC(=O)CC=Cc1cccc2sccc12. The Morgan fingerprint density at radius 3 is 3.12 bits per heavy atom. The van der Waals surface area contributed by atoms with E-state index in [1.165, 1.54) is 17.2 Å². The normalized spacial score (nSPS) is 11.1. The average molecular weight is 232 g/mol. The number of rotatable bonds is 3. The van der Waals surface area contributed by atoms with Gasteiger partial charge < -0.3 is 4.74 Å². The molecule has 0 saturated carbocycles. The highest BCUT2D eigenvalue weighted by Gasteiger charge is 1.99. The van der Waals surface area contributed by atoms with Crippen LogP contribution in [0.25, 0.3) is 16.2 Å². The van der Waals surface area contributed by atoms with Gasteiger partial charge in [-0.1, -0.05) is 24.3 Å². The van der Waals surface area contributed by atoms with Gasteiger partial charge in [-0.25, -0.2) is 0 Å². The highest BCUT2D eigenvalue weighted by molar-refractivity contribution is 7.17. The molecule has 16 heavy (non-hydrogen) atoms. The Hall–Kier alpha value is -1.61. The quantitative estimate of drug-likeness (QED) is 0.757. The molecule has 82 valence electrons. The fraction of sp³-hybridized carbons (Fsp3) is 0.154. The highest BCUT2D eigenvalue weighted by atomic mass is 32.1. The summed E-state index contributed by atoms with van der Waals surface area (Å²) in [7, 11) is 1.40. The number of carbonyl (C=O) groups is 1. The molecule has 2 aromatic rings. The number of ether oxygens (including phenoxy) is 1. The van der Waals surface area contributed by atoms with Crippen LogP contribution in [-0.4, -0.2) is 13.1 Å². The largest absolute Gasteiger partial charge is 0.469 e. The second kappa shape index (κ2) is 4.94. The van der Waals surface area contributed by atoms with Crippen molar-refractivity contribution in [1.29, 1.82) is 0 Å². The van der Waals surface area contributed by atoms with Crippen LogP contribution in [0.4, 0.5) is 0 Å². The van der Waals surface area contributed by atoms with Crippen LogP contribution >= 0.6 is 11.3 Å². The molecule has 3 heteroatoms. The van der Waals surface area contributed by atoms with Gasteiger partial charge in [0.2, 0.25) is 0 Å². The third-order valence-electron chi connectivity index (χ3n) is 2.34. The average Bonchev–Trinajstić information content (AvgIpc) is 2.77. The van der Waals surface area contributed by atoms with E-state index in [9.17, 15) is 4.79 Å². The first-order chi connectivity index (χ1) is 7.81. The summed E-state index contributed by atoms with van der Waals surface area (Å²) < 4.78 is 5.84. The lowest BCUT2D eigenvalue weighted by atomic mass is 10.1. The van der Waals surface area contributed by atoms with Crippen LogP contribution in [0.5, 0.6) is 0 Å². The van der Waals surface area contributed by atoms with E-state index in [1.807, 2.05) is 24.3 Å². The summed E-state index contributed by atoms with van der Waals surface area (Å²) in [5.41, 5.74) is 1.14.